The number of terminal acetylenes is 1. The van der Waals surface area contributed by atoms with Gasteiger partial charge >= 0.3 is 5.88 Å². The van der Waals surface area contributed by atoms with Crippen molar-refractivity contribution in [2.75, 3.05) is 56.1 Å². The lowest BCUT2D eigenvalue weighted by Crippen LogP contribution is -2.49. The number of aromatic nitrogens is 5. The number of hydrogen-bond acceptors (Lipinski definition) is 15. The number of aromatic hydroxyl groups is 1. The van der Waals surface area contributed by atoms with Crippen molar-refractivity contribution >= 4 is 46.4 Å². The molecule has 0 radical (unpaired) electrons. The second-order valence-electron chi connectivity index (χ2n) is 19.7. The number of pyridine rings is 1. The number of β-amino-alcohol motifs (C(OH)–C–C–N with tert-alkyl or cyclic N) is 1. The number of fused-ring (bicyclic) bond motifs is 1. The number of nitrogens with zero attached hydrogens (tertiary/aromatic N) is 11. The largest absolute Gasteiger partial charge is 0.508 e. The molecular formula is C54H66N13O7+. The molecule has 3 aliphatic heterocycles. The summed E-state index contributed by atoms with van der Waals surface area (Å²) >= 11 is 0. The second kappa shape index (κ2) is 23.4. The molecule has 3 aliphatic rings. The van der Waals surface area contributed by atoms with E-state index < -0.39 is 29.6 Å². The lowest BCUT2D eigenvalue weighted by Gasteiger charge is -2.36. The van der Waals surface area contributed by atoms with Gasteiger partial charge in [0.25, 0.3) is 5.56 Å². The molecule has 2 saturated heterocycles. The molecule has 0 bridgehead atoms. The van der Waals surface area contributed by atoms with Crippen LogP contribution in [0.25, 0.3) is 16.9 Å². The van der Waals surface area contributed by atoms with Crippen LogP contribution in [0, 0.1) is 24.2 Å². The molecule has 0 aliphatic carbocycles. The van der Waals surface area contributed by atoms with E-state index in [1.165, 1.54) is 26.5 Å². The van der Waals surface area contributed by atoms with Crippen molar-refractivity contribution in [3.8, 4) is 23.9 Å². The summed E-state index contributed by atoms with van der Waals surface area (Å²) in [5, 5.41) is 46.2. The normalized spacial score (nSPS) is 18.0. The fourth-order valence-corrected chi connectivity index (χ4v) is 9.26. The Hall–Kier alpha value is -7.73. The maximum absolute atomic E-state index is 13.9. The Morgan fingerprint density at radius 3 is 2.53 bits per heavy atom. The lowest BCUT2D eigenvalue weighted by atomic mass is 9.95. The number of phenols is 1. The molecule has 6 heterocycles. The summed E-state index contributed by atoms with van der Waals surface area (Å²) < 4.78 is 10.5. The number of likely N-dealkylation sites (tertiary alicyclic amines) is 1. The van der Waals surface area contributed by atoms with E-state index in [2.05, 4.69) is 65.4 Å². The molecule has 2 fully saturated rings. The van der Waals surface area contributed by atoms with Crippen LogP contribution in [0.5, 0.6) is 5.75 Å². The van der Waals surface area contributed by atoms with Gasteiger partial charge in [-0.2, -0.15) is 4.98 Å². The summed E-state index contributed by atoms with van der Waals surface area (Å²) in [6.07, 6.45) is 15.1. The average molecular weight is 1010 g/mol. The summed E-state index contributed by atoms with van der Waals surface area (Å²) in [5.41, 5.74) is 2.32. The molecule has 5 aromatic rings. The second-order valence-corrected chi connectivity index (χ2v) is 19.7. The predicted molar refractivity (Wildman–Crippen MR) is 281 cm³/mol. The van der Waals surface area contributed by atoms with E-state index in [0.29, 0.717) is 52.1 Å². The zero-order valence-electron chi connectivity index (χ0n) is 42.5. The van der Waals surface area contributed by atoms with E-state index in [-0.39, 0.29) is 49.2 Å². The maximum atomic E-state index is 13.9. The summed E-state index contributed by atoms with van der Waals surface area (Å²) in [5.74, 6) is 2.00. The fourth-order valence-electron chi connectivity index (χ4n) is 9.26. The monoisotopic (exact) mass is 1010 g/mol. The number of benzene rings is 2. The van der Waals surface area contributed by atoms with Crippen molar-refractivity contribution in [2.24, 2.45) is 22.2 Å². The van der Waals surface area contributed by atoms with Crippen LogP contribution in [-0.2, 0) is 33.0 Å². The van der Waals surface area contributed by atoms with Gasteiger partial charge in [0.15, 0.2) is 11.5 Å². The fraction of sp³-hybridized carbons (Fsp3) is 0.426. The van der Waals surface area contributed by atoms with Gasteiger partial charge < -0.3 is 40.5 Å². The van der Waals surface area contributed by atoms with Gasteiger partial charge in [-0.3, -0.25) is 19.3 Å². The highest BCUT2D eigenvalue weighted by Crippen LogP contribution is 2.27. The third kappa shape index (κ3) is 12.5. The van der Waals surface area contributed by atoms with Crippen LogP contribution in [0.2, 0.25) is 0 Å². The Balaban J connectivity index is 0.748. The molecule has 2 amide bonds. The molecule has 0 spiro atoms. The van der Waals surface area contributed by atoms with Gasteiger partial charge in [0.2, 0.25) is 24.0 Å². The Morgan fingerprint density at radius 2 is 1.81 bits per heavy atom. The van der Waals surface area contributed by atoms with Crippen LogP contribution in [0.15, 0.2) is 107 Å². The summed E-state index contributed by atoms with van der Waals surface area (Å²) in [6, 6.07) is 17.3. The zero-order chi connectivity index (χ0) is 52.5. The van der Waals surface area contributed by atoms with Crippen molar-refractivity contribution in [2.45, 2.75) is 90.6 Å². The Bertz CT molecular complexity index is 3030. The number of allylic oxidation sites excluding steroid dienone is 1. The van der Waals surface area contributed by atoms with E-state index in [1.807, 2.05) is 26.0 Å². The van der Waals surface area contributed by atoms with Gasteiger partial charge in [0.1, 0.15) is 39.3 Å². The Kier molecular flexibility index (Phi) is 16.7. The van der Waals surface area contributed by atoms with Crippen molar-refractivity contribution in [1.29, 1.82) is 0 Å². The quantitative estimate of drug-likeness (QED) is 0.0271. The number of hydrogen-bond donors (Lipinski definition) is 5. The molecular weight excluding hydrogens is 943 g/mol. The molecule has 74 heavy (non-hydrogen) atoms. The first-order valence-electron chi connectivity index (χ1n) is 25.2. The van der Waals surface area contributed by atoms with Crippen molar-refractivity contribution in [3.05, 3.63) is 119 Å². The Morgan fingerprint density at radius 1 is 1.04 bits per heavy atom. The number of carbonyl (C=O) groups excluding carboxylic acids is 2. The van der Waals surface area contributed by atoms with Crippen LogP contribution >= 0.6 is 0 Å². The van der Waals surface area contributed by atoms with Crippen LogP contribution in [0.1, 0.15) is 76.6 Å². The minimum atomic E-state index is -1.18. The van der Waals surface area contributed by atoms with Crippen LogP contribution in [0.4, 0.5) is 17.3 Å². The van der Waals surface area contributed by atoms with E-state index >= 15 is 0 Å². The van der Waals surface area contributed by atoms with Gasteiger partial charge in [0.05, 0.1) is 30.9 Å². The number of aliphatic hydroxyl groups excluding tert-OH is 1. The number of phenolic OH excluding ortho intramolecular Hbond substituents is 1. The summed E-state index contributed by atoms with van der Waals surface area (Å²) in [6.45, 7) is 16.5. The van der Waals surface area contributed by atoms with Crippen LogP contribution < -0.4 is 21.1 Å². The number of carbonyl (C=O) groups is 2. The Labute approximate surface area is 430 Å². The predicted octanol–water partition coefficient (Wildman–Crippen LogP) is 5.33. The minimum Gasteiger partial charge on any atom is -0.508 e. The molecule has 0 saturated carbocycles. The number of piperazine rings is 1. The molecule has 3 aromatic heterocycles. The third-order valence-electron chi connectivity index (χ3n) is 13.4. The van der Waals surface area contributed by atoms with Gasteiger partial charge in [-0.05, 0) is 87.7 Å². The van der Waals surface area contributed by atoms with E-state index in [9.17, 15) is 29.7 Å². The number of unbranched alkanes of at least 4 members (excludes halogenated alkanes) is 3. The summed E-state index contributed by atoms with van der Waals surface area (Å²) in [4.78, 5) is 60.8. The first-order chi connectivity index (χ1) is 35.6. The number of amides is 2. The van der Waals surface area contributed by atoms with Gasteiger partial charge in [-0.25, -0.2) is 19.3 Å². The smallest absolute Gasteiger partial charge is 0.398 e. The SMILES string of the molecule is C#Cc1ccc(CNC(=O)[C@@H]2C[C@@H](O)CN2C(=O)C(/C=[N+]2/C=C(OCCCCCCN3CCN(c4ccc(Nc5ncc6c(=O)n(CC=C)n(-c7cccc(C(C)(C)O)n7)c6n5)cc4)CC3)N=N2)C(C)C)c(O)c1. The summed E-state index contributed by atoms with van der Waals surface area (Å²) in [7, 11) is 0. The van der Waals surface area contributed by atoms with Gasteiger partial charge in [-0.15, -0.1) is 17.7 Å². The minimum absolute atomic E-state index is 0.0234. The molecule has 3 atom stereocenters. The standard InChI is InChI=1S/C54H65N13O7/c1-7-22-66-52(72)42-32-56-53(59-49(42)67(66)47-15-13-14-46(58-47)54(5,6)73)57-39-18-20-40(21-19-39)63-26-24-62(25-27-63)23-11-9-10-12-28-74-48-35-64(61-60-48)34-43(36(3)4)51(71)65-33-41(68)30-44(65)50(70)55-31-38-17-16-37(8-2)29-45(38)69/h2,7,13-21,29,32,34-36,41,43-44,68,73H,1,9-12,22-28,30-31,33H2,3-6H3,(H2-,55,56,57,59,69,70,72)/p+1/b64-34-/t41-,43?,44+/m1/s1. The number of anilines is 3. The molecule has 20 heteroatoms. The topological polar surface area (TPSA) is 231 Å². The zero-order valence-corrected chi connectivity index (χ0v) is 42.5. The highest BCUT2D eigenvalue weighted by molar-refractivity contribution is 5.96. The third-order valence-corrected chi connectivity index (χ3v) is 13.4. The van der Waals surface area contributed by atoms with Crippen molar-refractivity contribution in [3.63, 3.8) is 0 Å². The molecule has 2 aromatic carbocycles. The molecule has 20 nitrogen and oxygen atoms in total. The number of ether oxygens (including phenoxy) is 1. The lowest BCUT2D eigenvalue weighted by molar-refractivity contribution is -0.462. The first-order valence-corrected chi connectivity index (χ1v) is 25.2. The van der Waals surface area contributed by atoms with E-state index in [0.717, 1.165) is 69.8 Å². The molecule has 388 valence electrons. The van der Waals surface area contributed by atoms with Gasteiger partial charge in [0, 0.05) is 74.4 Å². The van der Waals surface area contributed by atoms with Gasteiger partial charge in [-0.1, -0.05) is 50.8 Å². The number of nitrogens with one attached hydrogen (secondary N) is 2. The van der Waals surface area contributed by atoms with Crippen molar-refractivity contribution in [1.82, 2.24) is 39.4 Å². The van der Waals surface area contributed by atoms with Crippen LogP contribution in [-0.4, -0.2) is 130 Å². The maximum Gasteiger partial charge on any atom is 0.398 e. The molecule has 5 N–H and O–H groups in total. The highest BCUT2D eigenvalue weighted by Gasteiger charge is 2.42. The average Bonchev–Trinajstić information content (AvgIpc) is 4.09. The van der Waals surface area contributed by atoms with E-state index in [1.54, 1.807) is 67.4 Å². The molecule has 1 unspecified atom stereocenters. The molecule has 8 rings (SSSR count). The van der Waals surface area contributed by atoms with Crippen molar-refractivity contribution < 1.29 is 34.3 Å². The van der Waals surface area contributed by atoms with Crippen LogP contribution in [0.3, 0.4) is 0 Å². The number of aliphatic hydroxyl groups is 2. The van der Waals surface area contributed by atoms with E-state index in [4.69, 9.17) is 16.1 Å². The number of rotatable bonds is 21. The highest BCUT2D eigenvalue weighted by atomic mass is 16.5. The first kappa shape index (κ1) is 52.6.